The molecular weight excluding hydrogens is 420 g/mol. The molecule has 0 radical (unpaired) electrons. The number of nitrogens with one attached hydrogen (secondary N) is 3. The molecule has 2 amide bonds. The number of thiocarbonyl (C=S) groups is 1. The highest BCUT2D eigenvalue weighted by Crippen LogP contribution is 2.15. The fourth-order valence-corrected chi connectivity index (χ4v) is 2.69. The molecule has 1 aromatic heterocycles. The van der Waals surface area contributed by atoms with Crippen LogP contribution in [0.1, 0.15) is 16.1 Å². The van der Waals surface area contributed by atoms with Gasteiger partial charge in [-0.25, -0.2) is 0 Å². The van der Waals surface area contributed by atoms with Gasteiger partial charge in [-0.15, -0.1) is 0 Å². The Labute approximate surface area is 181 Å². The van der Waals surface area contributed by atoms with Gasteiger partial charge in [0.2, 0.25) is 5.91 Å². The van der Waals surface area contributed by atoms with E-state index in [1.807, 2.05) is 0 Å². The molecule has 9 nitrogen and oxygen atoms in total. The molecule has 2 aromatic carbocycles. The second-order valence-electron chi connectivity index (χ2n) is 6.14. The molecule has 3 N–H and O–H groups in total. The summed E-state index contributed by atoms with van der Waals surface area (Å²) in [6.45, 7) is 0. The summed E-state index contributed by atoms with van der Waals surface area (Å²) in [5.74, 6) is -0.667. The van der Waals surface area contributed by atoms with Crippen molar-refractivity contribution in [1.29, 1.82) is 0 Å². The molecule has 156 valence electrons. The molecular formula is C21H16N4O5S. The Morgan fingerprint density at radius 2 is 1.71 bits per heavy atom. The number of hydrogen-bond donors (Lipinski definition) is 3. The first-order chi connectivity index (χ1) is 14.9. The van der Waals surface area contributed by atoms with Crippen LogP contribution in [0.2, 0.25) is 0 Å². The highest BCUT2D eigenvalue weighted by atomic mass is 32.1. The first-order valence-electron chi connectivity index (χ1n) is 8.90. The summed E-state index contributed by atoms with van der Waals surface area (Å²) >= 11 is 5.11. The van der Waals surface area contributed by atoms with Gasteiger partial charge in [-0.2, -0.15) is 0 Å². The van der Waals surface area contributed by atoms with Crippen molar-refractivity contribution in [2.24, 2.45) is 0 Å². The van der Waals surface area contributed by atoms with E-state index in [2.05, 4.69) is 16.0 Å². The van der Waals surface area contributed by atoms with Crippen molar-refractivity contribution in [3.8, 4) is 0 Å². The number of nitro benzene ring substituents is 1. The third-order valence-corrected chi connectivity index (χ3v) is 4.09. The van der Waals surface area contributed by atoms with Gasteiger partial charge in [-0.3, -0.25) is 25.0 Å². The van der Waals surface area contributed by atoms with Crippen molar-refractivity contribution in [3.63, 3.8) is 0 Å². The molecule has 0 atom stereocenters. The van der Waals surface area contributed by atoms with E-state index >= 15 is 0 Å². The number of carbonyl (C=O) groups is 2. The lowest BCUT2D eigenvalue weighted by Crippen LogP contribution is -2.32. The number of benzene rings is 2. The smallest absolute Gasteiger partial charge is 0.291 e. The van der Waals surface area contributed by atoms with E-state index in [1.165, 1.54) is 36.6 Å². The third kappa shape index (κ3) is 6.34. The van der Waals surface area contributed by atoms with E-state index < -0.39 is 10.8 Å². The van der Waals surface area contributed by atoms with Crippen LogP contribution in [0.4, 0.5) is 17.1 Å². The number of amides is 2. The number of rotatable bonds is 6. The van der Waals surface area contributed by atoms with Crippen LogP contribution in [-0.2, 0) is 4.79 Å². The molecule has 31 heavy (non-hydrogen) atoms. The van der Waals surface area contributed by atoms with Crippen LogP contribution in [-0.4, -0.2) is 21.9 Å². The van der Waals surface area contributed by atoms with Gasteiger partial charge in [0.15, 0.2) is 10.9 Å². The molecule has 1 heterocycles. The van der Waals surface area contributed by atoms with E-state index in [0.29, 0.717) is 16.9 Å². The van der Waals surface area contributed by atoms with Gasteiger partial charge in [0.25, 0.3) is 11.6 Å². The van der Waals surface area contributed by atoms with Crippen molar-refractivity contribution >= 4 is 52.3 Å². The van der Waals surface area contributed by atoms with E-state index in [1.54, 1.807) is 42.5 Å². The topological polar surface area (TPSA) is 127 Å². The molecule has 0 spiro atoms. The predicted molar refractivity (Wildman–Crippen MR) is 120 cm³/mol. The Balaban J connectivity index is 1.50. The van der Waals surface area contributed by atoms with E-state index in [4.69, 9.17) is 16.6 Å². The average molecular weight is 436 g/mol. The first kappa shape index (κ1) is 21.4. The van der Waals surface area contributed by atoms with Crippen molar-refractivity contribution in [2.75, 3.05) is 10.6 Å². The van der Waals surface area contributed by atoms with Gasteiger partial charge in [-0.05, 0) is 60.3 Å². The van der Waals surface area contributed by atoms with Gasteiger partial charge in [0, 0.05) is 29.6 Å². The zero-order valence-electron chi connectivity index (χ0n) is 15.9. The maximum absolute atomic E-state index is 12.0. The molecule has 3 rings (SSSR count). The zero-order chi connectivity index (χ0) is 22.2. The molecule has 0 aliphatic carbocycles. The van der Waals surface area contributed by atoms with Crippen LogP contribution in [0.15, 0.2) is 77.4 Å². The van der Waals surface area contributed by atoms with Crippen molar-refractivity contribution in [1.82, 2.24) is 5.32 Å². The fourth-order valence-electron chi connectivity index (χ4n) is 2.47. The van der Waals surface area contributed by atoms with Crippen LogP contribution in [0.25, 0.3) is 6.08 Å². The summed E-state index contributed by atoms with van der Waals surface area (Å²) < 4.78 is 5.03. The predicted octanol–water partition coefficient (Wildman–Crippen LogP) is 3.97. The van der Waals surface area contributed by atoms with Crippen LogP contribution < -0.4 is 16.0 Å². The summed E-state index contributed by atoms with van der Waals surface area (Å²) in [7, 11) is 0. The van der Waals surface area contributed by atoms with Gasteiger partial charge < -0.3 is 15.1 Å². The Bertz CT molecular complexity index is 1140. The number of nitrogens with zero attached hydrogens (tertiary/aromatic N) is 1. The van der Waals surface area contributed by atoms with Crippen LogP contribution >= 0.6 is 12.2 Å². The van der Waals surface area contributed by atoms with E-state index in [-0.39, 0.29) is 22.5 Å². The van der Waals surface area contributed by atoms with Gasteiger partial charge >= 0.3 is 0 Å². The lowest BCUT2D eigenvalue weighted by molar-refractivity contribution is -0.384. The highest BCUT2D eigenvalue weighted by Gasteiger charge is 2.09. The molecule has 0 aliphatic heterocycles. The number of non-ortho nitro benzene ring substituents is 1. The molecule has 0 unspecified atom stereocenters. The largest absolute Gasteiger partial charge is 0.459 e. The van der Waals surface area contributed by atoms with E-state index in [9.17, 15) is 19.7 Å². The Hall–Kier alpha value is -4.31. The minimum absolute atomic E-state index is 0.0662. The van der Waals surface area contributed by atoms with Gasteiger partial charge in [-0.1, -0.05) is 12.1 Å². The molecule has 0 bridgehead atoms. The summed E-state index contributed by atoms with van der Waals surface area (Å²) in [5.41, 5.74) is 1.60. The Kier molecular flexibility index (Phi) is 6.86. The average Bonchev–Trinajstić information content (AvgIpc) is 3.29. The van der Waals surface area contributed by atoms with Crippen LogP contribution in [0, 0.1) is 10.1 Å². The summed E-state index contributed by atoms with van der Waals surface area (Å²) in [4.78, 5) is 34.2. The summed E-state index contributed by atoms with van der Waals surface area (Å²) in [6, 6.07) is 15.7. The molecule has 0 saturated heterocycles. The second kappa shape index (κ2) is 9.94. The molecule has 3 aromatic rings. The van der Waals surface area contributed by atoms with Crippen LogP contribution in [0.3, 0.4) is 0 Å². The lowest BCUT2D eigenvalue weighted by atomic mass is 10.2. The summed E-state index contributed by atoms with van der Waals surface area (Å²) in [5, 5.41) is 18.9. The SMILES string of the molecule is O=C(/C=C/c1cccc([N+](=O)[O-])c1)NC(=S)Nc1ccc(NC(=O)c2ccco2)cc1. The molecule has 10 heteroatoms. The number of carbonyl (C=O) groups excluding carboxylic acids is 2. The molecule has 0 saturated carbocycles. The maximum Gasteiger partial charge on any atom is 0.291 e. The Morgan fingerprint density at radius 3 is 2.35 bits per heavy atom. The number of furan rings is 1. The number of hydrogen-bond acceptors (Lipinski definition) is 6. The number of anilines is 2. The molecule has 0 fully saturated rings. The van der Waals surface area contributed by atoms with Gasteiger partial charge in [0.1, 0.15) is 0 Å². The minimum atomic E-state index is -0.510. The quantitative estimate of drug-likeness (QED) is 0.231. The third-order valence-electron chi connectivity index (χ3n) is 3.89. The van der Waals surface area contributed by atoms with E-state index in [0.717, 1.165) is 0 Å². The normalized spacial score (nSPS) is 10.5. The highest BCUT2D eigenvalue weighted by molar-refractivity contribution is 7.80. The van der Waals surface area contributed by atoms with Gasteiger partial charge in [0.05, 0.1) is 11.2 Å². The lowest BCUT2D eigenvalue weighted by Gasteiger charge is -2.09. The van der Waals surface area contributed by atoms with Crippen LogP contribution in [0.5, 0.6) is 0 Å². The zero-order valence-corrected chi connectivity index (χ0v) is 16.7. The first-order valence-corrected chi connectivity index (χ1v) is 9.31. The van der Waals surface area contributed by atoms with Crippen molar-refractivity contribution < 1.29 is 18.9 Å². The second-order valence-corrected chi connectivity index (χ2v) is 6.55. The van der Waals surface area contributed by atoms with Crippen molar-refractivity contribution in [3.05, 3.63) is 94.4 Å². The monoisotopic (exact) mass is 436 g/mol. The maximum atomic E-state index is 12.0. The minimum Gasteiger partial charge on any atom is -0.459 e. The molecule has 0 aliphatic rings. The number of nitro groups is 1. The Morgan fingerprint density at radius 1 is 1.00 bits per heavy atom. The fraction of sp³-hybridized carbons (Fsp3) is 0. The summed E-state index contributed by atoms with van der Waals surface area (Å²) in [6.07, 6.45) is 4.08. The van der Waals surface area contributed by atoms with Crippen molar-refractivity contribution in [2.45, 2.75) is 0 Å². The standard InChI is InChI=1S/C21H16N4O5S/c26-19(11-6-14-3-1-4-17(13-14)25(28)29)24-21(31)23-16-9-7-15(8-10-16)22-20(27)18-5-2-12-30-18/h1-13H,(H,22,27)(H2,23,24,26,31)/b11-6+.